The van der Waals surface area contributed by atoms with Crippen LogP contribution in [0, 0.1) is 11.8 Å². The fourth-order valence-electron chi connectivity index (χ4n) is 4.01. The van der Waals surface area contributed by atoms with Crippen molar-refractivity contribution in [1.82, 2.24) is 4.90 Å². The predicted molar refractivity (Wildman–Crippen MR) is 84.5 cm³/mol. The van der Waals surface area contributed by atoms with Gasteiger partial charge in [0.1, 0.15) is 0 Å². The van der Waals surface area contributed by atoms with Gasteiger partial charge in [-0.25, -0.2) is 0 Å². The van der Waals surface area contributed by atoms with Crippen LogP contribution in [0.25, 0.3) is 0 Å². The maximum Gasteiger partial charge on any atom is 0.0236 e. The smallest absolute Gasteiger partial charge is 0.0236 e. The Morgan fingerprint density at radius 2 is 2.00 bits per heavy atom. The van der Waals surface area contributed by atoms with E-state index < -0.39 is 0 Å². The van der Waals surface area contributed by atoms with E-state index in [0.29, 0.717) is 12.0 Å². The summed E-state index contributed by atoms with van der Waals surface area (Å²) in [5.41, 5.74) is 9.45. The van der Waals surface area contributed by atoms with Crippen LogP contribution in [0.5, 0.6) is 0 Å². The molecule has 3 unspecified atom stereocenters. The topological polar surface area (TPSA) is 29.3 Å². The Hall–Kier alpha value is -0.860. The van der Waals surface area contributed by atoms with Crippen LogP contribution in [-0.2, 0) is 13.0 Å². The third-order valence-corrected chi connectivity index (χ3v) is 5.43. The second-order valence-corrected chi connectivity index (χ2v) is 6.77. The molecular formula is C18H28N2. The van der Waals surface area contributed by atoms with Gasteiger partial charge in [-0.3, -0.25) is 4.90 Å². The van der Waals surface area contributed by atoms with Crippen molar-refractivity contribution in [2.24, 2.45) is 17.6 Å². The third kappa shape index (κ3) is 3.07. The number of hydrogen-bond acceptors (Lipinski definition) is 2. The van der Waals surface area contributed by atoms with Crippen LogP contribution in [0.2, 0.25) is 0 Å². The minimum atomic E-state index is 0.426. The average Bonchev–Trinajstić information content (AvgIpc) is 2.49. The van der Waals surface area contributed by atoms with Crippen LogP contribution in [0.1, 0.15) is 43.7 Å². The molecule has 1 fully saturated rings. The largest absolute Gasteiger partial charge is 0.327 e. The first-order chi connectivity index (χ1) is 9.76. The molecule has 20 heavy (non-hydrogen) atoms. The summed E-state index contributed by atoms with van der Waals surface area (Å²) in [6, 6.07) is 9.33. The van der Waals surface area contributed by atoms with Crippen molar-refractivity contribution in [1.29, 1.82) is 0 Å². The van der Waals surface area contributed by atoms with Crippen LogP contribution in [-0.4, -0.2) is 24.0 Å². The van der Waals surface area contributed by atoms with Crippen molar-refractivity contribution < 1.29 is 0 Å². The van der Waals surface area contributed by atoms with E-state index in [-0.39, 0.29) is 0 Å². The first kappa shape index (κ1) is 14.1. The summed E-state index contributed by atoms with van der Waals surface area (Å²) in [6.45, 7) is 5.86. The summed E-state index contributed by atoms with van der Waals surface area (Å²) in [6.07, 6.45) is 6.45. The fraction of sp³-hybridized carbons (Fsp3) is 0.667. The van der Waals surface area contributed by atoms with Gasteiger partial charge in [-0.2, -0.15) is 0 Å². The molecule has 110 valence electrons. The molecule has 0 saturated heterocycles. The van der Waals surface area contributed by atoms with Crippen LogP contribution in [0.3, 0.4) is 0 Å². The zero-order valence-electron chi connectivity index (χ0n) is 12.7. The Kier molecular flexibility index (Phi) is 4.42. The molecule has 2 N–H and O–H groups in total. The third-order valence-electron chi connectivity index (χ3n) is 5.43. The molecular weight excluding hydrogens is 244 g/mol. The number of fused-ring (bicyclic) bond motifs is 1. The van der Waals surface area contributed by atoms with Crippen LogP contribution >= 0.6 is 0 Å². The molecule has 1 aliphatic heterocycles. The second-order valence-electron chi connectivity index (χ2n) is 6.77. The van der Waals surface area contributed by atoms with E-state index in [1.54, 1.807) is 5.56 Å². The molecule has 1 saturated carbocycles. The van der Waals surface area contributed by atoms with Crippen molar-refractivity contribution in [3.63, 3.8) is 0 Å². The highest BCUT2D eigenvalue weighted by atomic mass is 15.1. The molecule has 3 rings (SSSR count). The molecule has 0 bridgehead atoms. The minimum absolute atomic E-state index is 0.426. The summed E-state index contributed by atoms with van der Waals surface area (Å²) < 4.78 is 0. The molecule has 1 aromatic rings. The summed E-state index contributed by atoms with van der Waals surface area (Å²) in [5.74, 6) is 1.62. The molecule has 1 aliphatic carbocycles. The summed E-state index contributed by atoms with van der Waals surface area (Å²) in [5, 5.41) is 0. The van der Waals surface area contributed by atoms with Crippen LogP contribution in [0.4, 0.5) is 0 Å². The summed E-state index contributed by atoms with van der Waals surface area (Å²) in [7, 11) is 0. The van der Waals surface area contributed by atoms with Gasteiger partial charge in [-0.05, 0) is 48.6 Å². The van der Waals surface area contributed by atoms with E-state index >= 15 is 0 Å². The Morgan fingerprint density at radius 3 is 2.80 bits per heavy atom. The Labute approximate surface area is 123 Å². The SMILES string of the molecule is CCC1CCC(N)C(CN2CCc3ccccc3C2)C1. The van der Waals surface area contributed by atoms with E-state index in [9.17, 15) is 0 Å². The van der Waals surface area contributed by atoms with Crippen LogP contribution < -0.4 is 5.73 Å². The molecule has 2 nitrogen and oxygen atoms in total. The zero-order chi connectivity index (χ0) is 13.9. The highest BCUT2D eigenvalue weighted by Gasteiger charge is 2.29. The Morgan fingerprint density at radius 1 is 1.20 bits per heavy atom. The molecule has 2 aliphatic rings. The lowest BCUT2D eigenvalue weighted by atomic mass is 9.77. The average molecular weight is 272 g/mol. The van der Waals surface area contributed by atoms with Crippen molar-refractivity contribution in [3.05, 3.63) is 35.4 Å². The van der Waals surface area contributed by atoms with Gasteiger partial charge in [0.15, 0.2) is 0 Å². The molecule has 0 aromatic heterocycles. The lowest BCUT2D eigenvalue weighted by molar-refractivity contribution is 0.145. The standard InChI is InChI=1S/C18H28N2/c1-2-14-7-8-18(19)17(11-14)13-20-10-9-15-5-3-4-6-16(15)12-20/h3-6,14,17-18H,2,7-13,19H2,1H3. The van der Waals surface area contributed by atoms with Crippen molar-refractivity contribution in [2.75, 3.05) is 13.1 Å². The molecule has 3 atom stereocenters. The van der Waals surface area contributed by atoms with E-state index in [2.05, 4.69) is 36.1 Å². The molecule has 1 aromatic carbocycles. The maximum absolute atomic E-state index is 6.38. The van der Waals surface area contributed by atoms with Gasteiger partial charge in [-0.1, -0.05) is 37.6 Å². The van der Waals surface area contributed by atoms with Crippen LogP contribution in [0.15, 0.2) is 24.3 Å². The zero-order valence-corrected chi connectivity index (χ0v) is 12.7. The summed E-state index contributed by atoms with van der Waals surface area (Å²) >= 11 is 0. The number of hydrogen-bond donors (Lipinski definition) is 1. The van der Waals surface area contributed by atoms with Gasteiger partial charge in [0, 0.05) is 25.7 Å². The monoisotopic (exact) mass is 272 g/mol. The molecule has 1 heterocycles. The Balaban J connectivity index is 1.61. The second kappa shape index (κ2) is 6.28. The van der Waals surface area contributed by atoms with E-state index in [0.717, 1.165) is 12.5 Å². The minimum Gasteiger partial charge on any atom is -0.327 e. The molecule has 0 spiro atoms. The quantitative estimate of drug-likeness (QED) is 0.915. The number of nitrogens with two attached hydrogens (primary N) is 1. The first-order valence-electron chi connectivity index (χ1n) is 8.31. The number of nitrogens with zero attached hydrogens (tertiary/aromatic N) is 1. The lowest BCUT2D eigenvalue weighted by Crippen LogP contribution is -2.44. The van der Waals surface area contributed by atoms with E-state index in [1.807, 2.05) is 0 Å². The lowest BCUT2D eigenvalue weighted by Gasteiger charge is -2.38. The van der Waals surface area contributed by atoms with Gasteiger partial charge in [-0.15, -0.1) is 0 Å². The number of benzene rings is 1. The first-order valence-corrected chi connectivity index (χ1v) is 8.31. The molecule has 2 heteroatoms. The fourth-order valence-corrected chi connectivity index (χ4v) is 4.01. The summed E-state index contributed by atoms with van der Waals surface area (Å²) in [4.78, 5) is 2.63. The van der Waals surface area contributed by atoms with Gasteiger partial charge < -0.3 is 5.73 Å². The van der Waals surface area contributed by atoms with E-state index in [1.165, 1.54) is 50.8 Å². The van der Waals surface area contributed by atoms with Crippen molar-refractivity contribution in [3.8, 4) is 0 Å². The van der Waals surface area contributed by atoms with Gasteiger partial charge in [0.2, 0.25) is 0 Å². The van der Waals surface area contributed by atoms with E-state index in [4.69, 9.17) is 5.73 Å². The van der Waals surface area contributed by atoms with Crippen molar-refractivity contribution >= 4 is 0 Å². The van der Waals surface area contributed by atoms with Gasteiger partial charge in [0.25, 0.3) is 0 Å². The number of rotatable bonds is 3. The van der Waals surface area contributed by atoms with Gasteiger partial charge in [0.05, 0.1) is 0 Å². The predicted octanol–water partition coefficient (Wildman–Crippen LogP) is 3.20. The van der Waals surface area contributed by atoms with Crippen molar-refractivity contribution in [2.45, 2.75) is 51.6 Å². The van der Waals surface area contributed by atoms with Gasteiger partial charge >= 0.3 is 0 Å². The molecule has 0 amide bonds. The maximum atomic E-state index is 6.38. The highest BCUT2D eigenvalue weighted by molar-refractivity contribution is 5.29. The normalized spacial score (nSPS) is 31.0. The Bertz CT molecular complexity index is 443. The molecule has 0 radical (unpaired) electrons. The highest BCUT2D eigenvalue weighted by Crippen LogP contribution is 2.31.